The molecule has 0 spiro atoms. The summed E-state index contributed by atoms with van der Waals surface area (Å²) in [6.45, 7) is 2.02. The van der Waals surface area contributed by atoms with Crippen molar-refractivity contribution in [2.45, 2.75) is 50.0 Å². The molecule has 1 aromatic carbocycles. The van der Waals surface area contributed by atoms with E-state index in [0.29, 0.717) is 25.8 Å². The molecule has 1 aromatic rings. The fourth-order valence-corrected chi connectivity index (χ4v) is 5.29. The van der Waals surface area contributed by atoms with E-state index in [-0.39, 0.29) is 11.3 Å². The second-order valence-electron chi connectivity index (χ2n) is 7.62. The number of fused-ring (bicyclic) bond motifs is 1. The van der Waals surface area contributed by atoms with Gasteiger partial charge in [0, 0.05) is 42.5 Å². The van der Waals surface area contributed by atoms with Gasteiger partial charge < -0.3 is 20.1 Å². The third-order valence-electron chi connectivity index (χ3n) is 5.85. The molecule has 0 bridgehead atoms. The summed E-state index contributed by atoms with van der Waals surface area (Å²) in [5, 5.41) is 6.69. The molecule has 0 aromatic heterocycles. The Balaban J connectivity index is 1.43. The minimum atomic E-state index is 0.0175. The normalized spacial score (nSPS) is 24.2. The number of carbonyl (C=O) groups is 1. The van der Waals surface area contributed by atoms with Crippen molar-refractivity contribution in [2.24, 2.45) is 0 Å². The molecule has 6 heteroatoms. The highest BCUT2D eigenvalue weighted by Crippen LogP contribution is 2.43. The van der Waals surface area contributed by atoms with Crippen LogP contribution in [0.1, 0.15) is 44.1 Å². The third-order valence-corrected chi connectivity index (χ3v) is 6.98. The van der Waals surface area contributed by atoms with Crippen LogP contribution < -0.4 is 20.1 Å². The van der Waals surface area contributed by atoms with Crippen molar-refractivity contribution in [3.8, 4) is 11.5 Å². The van der Waals surface area contributed by atoms with Gasteiger partial charge in [0.25, 0.3) is 0 Å². The van der Waals surface area contributed by atoms with Gasteiger partial charge in [-0.05, 0) is 30.5 Å². The molecule has 5 nitrogen and oxygen atoms in total. The smallest absolute Gasteiger partial charge is 0.231 e. The number of nitrogens with one attached hydrogen (secondary N) is 2. The minimum absolute atomic E-state index is 0.0175. The molecule has 142 valence electrons. The molecule has 3 aliphatic rings. The predicted octanol–water partition coefficient (Wildman–Crippen LogP) is 2.83. The lowest BCUT2D eigenvalue weighted by Crippen LogP contribution is -2.45. The Morgan fingerprint density at radius 2 is 2.08 bits per heavy atom. The first-order valence-corrected chi connectivity index (χ1v) is 10.9. The number of carbonyl (C=O) groups excluding carboxylic acids is 1. The van der Waals surface area contributed by atoms with E-state index in [1.165, 1.54) is 24.8 Å². The maximum absolute atomic E-state index is 12.5. The first-order valence-electron chi connectivity index (χ1n) is 9.73. The summed E-state index contributed by atoms with van der Waals surface area (Å²) in [6, 6.07) is 6.60. The molecule has 4 rings (SSSR count). The van der Waals surface area contributed by atoms with E-state index >= 15 is 0 Å². The Hall–Kier alpha value is -1.40. The van der Waals surface area contributed by atoms with Crippen LogP contribution in [-0.4, -0.2) is 43.3 Å². The van der Waals surface area contributed by atoms with Crippen molar-refractivity contribution in [2.75, 3.05) is 31.4 Å². The van der Waals surface area contributed by atoms with Crippen LogP contribution in [0.25, 0.3) is 0 Å². The maximum Gasteiger partial charge on any atom is 0.231 e. The fraction of sp³-hybridized carbons (Fsp3) is 0.650. The molecule has 1 saturated carbocycles. The quantitative estimate of drug-likeness (QED) is 0.828. The van der Waals surface area contributed by atoms with Crippen molar-refractivity contribution < 1.29 is 14.3 Å². The van der Waals surface area contributed by atoms with Crippen molar-refractivity contribution in [1.29, 1.82) is 0 Å². The molecule has 1 saturated heterocycles. The van der Waals surface area contributed by atoms with E-state index in [4.69, 9.17) is 9.47 Å². The summed E-state index contributed by atoms with van der Waals surface area (Å²) >= 11 is 1.93. The second-order valence-corrected chi connectivity index (χ2v) is 8.77. The maximum atomic E-state index is 12.5. The van der Waals surface area contributed by atoms with Crippen LogP contribution in [0.4, 0.5) is 0 Å². The Morgan fingerprint density at radius 3 is 2.88 bits per heavy atom. The molecule has 2 fully saturated rings. The number of rotatable bonds is 5. The van der Waals surface area contributed by atoms with Gasteiger partial charge in [-0.3, -0.25) is 4.79 Å². The summed E-state index contributed by atoms with van der Waals surface area (Å²) in [7, 11) is 0. The Labute approximate surface area is 159 Å². The lowest BCUT2D eigenvalue weighted by molar-refractivity contribution is -0.121. The molecule has 1 amide bonds. The minimum Gasteiger partial charge on any atom is -0.454 e. The molecular formula is C20H28N2O3S. The van der Waals surface area contributed by atoms with Gasteiger partial charge in [-0.25, -0.2) is 0 Å². The van der Waals surface area contributed by atoms with Gasteiger partial charge in [0.2, 0.25) is 12.7 Å². The largest absolute Gasteiger partial charge is 0.454 e. The number of hydrogen-bond donors (Lipinski definition) is 2. The molecule has 1 aliphatic carbocycles. The van der Waals surface area contributed by atoms with E-state index in [9.17, 15) is 4.79 Å². The van der Waals surface area contributed by atoms with E-state index in [1.807, 2.05) is 17.8 Å². The van der Waals surface area contributed by atoms with Crippen LogP contribution >= 0.6 is 11.8 Å². The van der Waals surface area contributed by atoms with Gasteiger partial charge in [0.15, 0.2) is 11.5 Å². The number of hydrogen-bond acceptors (Lipinski definition) is 5. The van der Waals surface area contributed by atoms with Gasteiger partial charge in [-0.2, -0.15) is 11.8 Å². The summed E-state index contributed by atoms with van der Waals surface area (Å²) in [4.78, 5) is 12.5. The van der Waals surface area contributed by atoms with Crippen LogP contribution in [0, 0.1) is 0 Å². The zero-order valence-corrected chi connectivity index (χ0v) is 16.0. The van der Waals surface area contributed by atoms with Crippen molar-refractivity contribution in [3.05, 3.63) is 23.8 Å². The molecule has 1 unspecified atom stereocenters. The second kappa shape index (κ2) is 8.09. The molecule has 2 N–H and O–H groups in total. The summed E-state index contributed by atoms with van der Waals surface area (Å²) in [5.41, 5.74) is 1.29. The van der Waals surface area contributed by atoms with Crippen LogP contribution in [0.15, 0.2) is 18.2 Å². The van der Waals surface area contributed by atoms with E-state index < -0.39 is 0 Å². The summed E-state index contributed by atoms with van der Waals surface area (Å²) < 4.78 is 11.0. The molecule has 1 atom stereocenters. The Kier molecular flexibility index (Phi) is 5.60. The molecule has 0 radical (unpaired) electrons. The Morgan fingerprint density at radius 1 is 1.23 bits per heavy atom. The predicted molar refractivity (Wildman–Crippen MR) is 104 cm³/mol. The number of amides is 1. The van der Waals surface area contributed by atoms with Gasteiger partial charge in [-0.15, -0.1) is 0 Å². The number of ether oxygens (including phenoxy) is 2. The topological polar surface area (TPSA) is 59.6 Å². The molecule has 26 heavy (non-hydrogen) atoms. The van der Waals surface area contributed by atoms with Gasteiger partial charge >= 0.3 is 0 Å². The molecule has 2 heterocycles. The van der Waals surface area contributed by atoms with Crippen LogP contribution in [0.5, 0.6) is 11.5 Å². The summed E-state index contributed by atoms with van der Waals surface area (Å²) in [5.74, 6) is 3.99. The first kappa shape index (κ1) is 18.0. The zero-order valence-electron chi connectivity index (χ0n) is 15.2. The van der Waals surface area contributed by atoms with Gasteiger partial charge in [-0.1, -0.05) is 25.3 Å². The Bertz CT molecular complexity index is 640. The van der Waals surface area contributed by atoms with Gasteiger partial charge in [0.1, 0.15) is 0 Å². The SMILES string of the molecule is O=C(CC1CSCCN1)NCC1(c2ccc3c(c2)OCO3)CCCCC1. The van der Waals surface area contributed by atoms with Crippen molar-refractivity contribution in [1.82, 2.24) is 10.6 Å². The highest BCUT2D eigenvalue weighted by atomic mass is 32.2. The first-order chi connectivity index (χ1) is 12.8. The number of thioether (sulfide) groups is 1. The van der Waals surface area contributed by atoms with Crippen molar-refractivity contribution in [3.63, 3.8) is 0 Å². The van der Waals surface area contributed by atoms with Crippen molar-refractivity contribution >= 4 is 17.7 Å². The van der Waals surface area contributed by atoms with E-state index in [2.05, 4.69) is 22.8 Å². The van der Waals surface area contributed by atoms with Crippen LogP contribution in [0.3, 0.4) is 0 Å². The lowest BCUT2D eigenvalue weighted by atomic mass is 9.69. The van der Waals surface area contributed by atoms with E-state index in [0.717, 1.165) is 42.4 Å². The third kappa shape index (κ3) is 3.96. The standard InChI is InChI=1S/C20H28N2O3S/c23-19(11-16-12-26-9-8-21-16)22-13-20(6-2-1-3-7-20)15-4-5-17-18(10-15)25-14-24-17/h4-5,10,16,21H,1-3,6-9,11-14H2,(H,22,23). The van der Waals surface area contributed by atoms with Crippen LogP contribution in [0.2, 0.25) is 0 Å². The van der Waals surface area contributed by atoms with E-state index in [1.54, 1.807) is 0 Å². The highest BCUT2D eigenvalue weighted by Gasteiger charge is 2.35. The monoisotopic (exact) mass is 376 g/mol. The van der Waals surface area contributed by atoms with Crippen LogP contribution in [-0.2, 0) is 10.2 Å². The fourth-order valence-electron chi connectivity index (χ4n) is 4.34. The molecule has 2 aliphatic heterocycles. The lowest BCUT2D eigenvalue weighted by Gasteiger charge is -2.38. The average Bonchev–Trinajstić information content (AvgIpc) is 3.16. The van der Waals surface area contributed by atoms with Gasteiger partial charge in [0.05, 0.1) is 0 Å². The highest BCUT2D eigenvalue weighted by molar-refractivity contribution is 7.99. The number of benzene rings is 1. The average molecular weight is 377 g/mol. The molecular weight excluding hydrogens is 348 g/mol. The zero-order chi connectivity index (χ0) is 17.8. The summed E-state index contributed by atoms with van der Waals surface area (Å²) in [6.07, 6.45) is 6.51.